The van der Waals surface area contributed by atoms with Crippen LogP contribution in [0.15, 0.2) is 54.6 Å². The maximum atomic E-state index is 12.2. The van der Waals surface area contributed by atoms with Gasteiger partial charge >= 0.3 is 6.09 Å². The molecule has 1 fully saturated rings. The van der Waals surface area contributed by atoms with E-state index in [1.807, 2.05) is 42.5 Å². The molecule has 1 aliphatic heterocycles. The van der Waals surface area contributed by atoms with Crippen LogP contribution >= 0.6 is 0 Å². The van der Waals surface area contributed by atoms with E-state index in [-0.39, 0.29) is 12.2 Å². The van der Waals surface area contributed by atoms with Gasteiger partial charge in [0.1, 0.15) is 18.5 Å². The third-order valence-electron chi connectivity index (χ3n) is 4.54. The van der Waals surface area contributed by atoms with Crippen molar-refractivity contribution in [3.05, 3.63) is 65.7 Å². The highest BCUT2D eigenvalue weighted by Gasteiger charge is 2.24. The predicted molar refractivity (Wildman–Crippen MR) is 97.7 cm³/mol. The zero-order valence-corrected chi connectivity index (χ0v) is 14.7. The minimum Gasteiger partial charge on any atom is -0.490 e. The first kappa shape index (κ1) is 17.3. The Labute approximate surface area is 149 Å². The van der Waals surface area contributed by atoms with Gasteiger partial charge in [-0.2, -0.15) is 0 Å². The highest BCUT2D eigenvalue weighted by atomic mass is 16.6. The maximum absolute atomic E-state index is 12.2. The summed E-state index contributed by atoms with van der Waals surface area (Å²) in [5.74, 6) is 0.905. The van der Waals surface area contributed by atoms with Gasteiger partial charge in [-0.3, -0.25) is 0 Å². The number of likely N-dealkylation sites (tertiary alicyclic amines) is 1. The molecule has 1 aliphatic rings. The second-order valence-corrected chi connectivity index (χ2v) is 6.34. The van der Waals surface area contributed by atoms with Crippen LogP contribution in [0.2, 0.25) is 0 Å². The average Bonchev–Trinajstić information content (AvgIpc) is 2.68. The molecule has 2 aromatic rings. The third kappa shape index (κ3) is 4.99. The lowest BCUT2D eigenvalue weighted by Gasteiger charge is -2.31. The van der Waals surface area contributed by atoms with Gasteiger partial charge < -0.3 is 14.4 Å². The van der Waals surface area contributed by atoms with Crippen molar-refractivity contribution in [2.45, 2.75) is 38.9 Å². The molecule has 1 saturated heterocycles. The minimum atomic E-state index is -0.241. The van der Waals surface area contributed by atoms with Gasteiger partial charge in [0.05, 0.1) is 0 Å². The van der Waals surface area contributed by atoms with Crippen LogP contribution in [0.4, 0.5) is 4.79 Å². The molecular weight excluding hydrogens is 314 g/mol. The highest BCUT2D eigenvalue weighted by Crippen LogP contribution is 2.20. The van der Waals surface area contributed by atoms with Gasteiger partial charge in [0.15, 0.2) is 0 Å². The fourth-order valence-electron chi connectivity index (χ4n) is 2.96. The number of hydrogen-bond acceptors (Lipinski definition) is 3. The van der Waals surface area contributed by atoms with Crippen molar-refractivity contribution in [2.75, 3.05) is 13.1 Å². The standard InChI is InChI=1S/C21H25NO3/c1-2-17-8-10-19(11-9-17)25-20-12-14-22(15-13-20)21(23)24-16-18-6-4-3-5-7-18/h3-11,20H,2,12-16H2,1H3. The molecule has 4 nitrogen and oxygen atoms in total. The van der Waals surface area contributed by atoms with Crippen molar-refractivity contribution in [1.29, 1.82) is 0 Å². The summed E-state index contributed by atoms with van der Waals surface area (Å²) in [4.78, 5) is 13.9. The number of piperidine rings is 1. The summed E-state index contributed by atoms with van der Waals surface area (Å²) in [5.41, 5.74) is 2.31. The van der Waals surface area contributed by atoms with Gasteiger partial charge in [-0.05, 0) is 29.7 Å². The van der Waals surface area contributed by atoms with Gasteiger partial charge in [-0.15, -0.1) is 0 Å². The number of hydrogen-bond donors (Lipinski definition) is 0. The number of rotatable bonds is 5. The monoisotopic (exact) mass is 339 g/mol. The highest BCUT2D eigenvalue weighted by molar-refractivity contribution is 5.67. The summed E-state index contributed by atoms with van der Waals surface area (Å²) < 4.78 is 11.4. The Morgan fingerprint density at radius 2 is 1.68 bits per heavy atom. The molecule has 0 aliphatic carbocycles. The van der Waals surface area contributed by atoms with Crippen LogP contribution in [0, 0.1) is 0 Å². The van der Waals surface area contributed by atoms with E-state index in [0.717, 1.165) is 30.6 Å². The number of nitrogens with zero attached hydrogens (tertiary/aromatic N) is 1. The Hall–Kier alpha value is -2.49. The summed E-state index contributed by atoms with van der Waals surface area (Å²) in [7, 11) is 0. The Kier molecular flexibility index (Phi) is 5.94. The Morgan fingerprint density at radius 3 is 2.32 bits per heavy atom. The topological polar surface area (TPSA) is 38.8 Å². The summed E-state index contributed by atoms with van der Waals surface area (Å²) in [6.45, 7) is 3.80. The van der Waals surface area contributed by atoms with Crippen molar-refractivity contribution in [3.63, 3.8) is 0 Å². The molecule has 0 unspecified atom stereocenters. The summed E-state index contributed by atoms with van der Waals surface area (Å²) in [5, 5.41) is 0. The van der Waals surface area contributed by atoms with Crippen molar-refractivity contribution in [3.8, 4) is 5.75 Å². The summed E-state index contributed by atoms with van der Waals surface area (Å²) in [6, 6.07) is 18.0. The molecule has 4 heteroatoms. The molecule has 0 bridgehead atoms. The molecular formula is C21H25NO3. The predicted octanol–water partition coefficient (Wildman–Crippen LogP) is 4.43. The Morgan fingerprint density at radius 1 is 1.00 bits per heavy atom. The first-order chi connectivity index (χ1) is 12.2. The normalized spacial score (nSPS) is 15.0. The van der Waals surface area contributed by atoms with E-state index >= 15 is 0 Å². The molecule has 0 aromatic heterocycles. The zero-order valence-electron chi connectivity index (χ0n) is 14.7. The van der Waals surface area contributed by atoms with Crippen LogP contribution in [0.3, 0.4) is 0 Å². The van der Waals surface area contributed by atoms with Crippen LogP contribution in [-0.4, -0.2) is 30.2 Å². The largest absolute Gasteiger partial charge is 0.490 e. The molecule has 1 heterocycles. The molecule has 0 atom stereocenters. The smallest absolute Gasteiger partial charge is 0.410 e. The van der Waals surface area contributed by atoms with Crippen LogP contribution in [-0.2, 0) is 17.8 Å². The maximum Gasteiger partial charge on any atom is 0.410 e. The molecule has 1 amide bonds. The quantitative estimate of drug-likeness (QED) is 0.809. The van der Waals surface area contributed by atoms with Gasteiger partial charge in [-0.25, -0.2) is 4.79 Å². The lowest BCUT2D eigenvalue weighted by Crippen LogP contribution is -2.42. The zero-order chi connectivity index (χ0) is 17.5. The molecule has 2 aromatic carbocycles. The second kappa shape index (κ2) is 8.56. The van der Waals surface area contributed by atoms with E-state index in [0.29, 0.717) is 19.7 Å². The lowest BCUT2D eigenvalue weighted by atomic mass is 10.1. The van der Waals surface area contributed by atoms with E-state index in [4.69, 9.17) is 9.47 Å². The van der Waals surface area contributed by atoms with Crippen molar-refractivity contribution >= 4 is 6.09 Å². The number of ether oxygens (including phenoxy) is 2. The lowest BCUT2D eigenvalue weighted by molar-refractivity contribution is 0.0638. The Balaban J connectivity index is 1.42. The van der Waals surface area contributed by atoms with Crippen molar-refractivity contribution in [1.82, 2.24) is 4.90 Å². The van der Waals surface area contributed by atoms with Gasteiger partial charge in [0, 0.05) is 25.9 Å². The van der Waals surface area contributed by atoms with Crippen LogP contribution in [0.1, 0.15) is 30.9 Å². The van der Waals surface area contributed by atoms with E-state index in [1.54, 1.807) is 4.90 Å². The number of benzene rings is 2. The molecule has 0 radical (unpaired) electrons. The molecule has 0 spiro atoms. The summed E-state index contributed by atoms with van der Waals surface area (Å²) >= 11 is 0. The molecule has 0 N–H and O–H groups in total. The van der Waals surface area contributed by atoms with E-state index in [1.165, 1.54) is 5.56 Å². The van der Waals surface area contributed by atoms with Gasteiger partial charge in [0.2, 0.25) is 0 Å². The summed E-state index contributed by atoms with van der Waals surface area (Å²) in [6.07, 6.45) is 2.61. The average molecular weight is 339 g/mol. The first-order valence-electron chi connectivity index (χ1n) is 8.96. The van der Waals surface area contributed by atoms with Gasteiger partial charge in [-0.1, -0.05) is 49.4 Å². The molecule has 3 rings (SSSR count). The molecule has 0 saturated carbocycles. The molecule has 25 heavy (non-hydrogen) atoms. The van der Waals surface area contributed by atoms with Gasteiger partial charge in [0.25, 0.3) is 0 Å². The number of aryl methyl sites for hydroxylation is 1. The van der Waals surface area contributed by atoms with Crippen molar-refractivity contribution in [2.24, 2.45) is 0 Å². The number of amides is 1. The number of carbonyl (C=O) groups excluding carboxylic acids is 1. The third-order valence-corrected chi connectivity index (χ3v) is 4.54. The van der Waals surface area contributed by atoms with Crippen LogP contribution in [0.25, 0.3) is 0 Å². The second-order valence-electron chi connectivity index (χ2n) is 6.34. The van der Waals surface area contributed by atoms with Crippen LogP contribution < -0.4 is 4.74 Å². The fourth-order valence-corrected chi connectivity index (χ4v) is 2.96. The van der Waals surface area contributed by atoms with Crippen molar-refractivity contribution < 1.29 is 14.3 Å². The fraction of sp³-hybridized carbons (Fsp3) is 0.381. The minimum absolute atomic E-state index is 0.158. The van der Waals surface area contributed by atoms with Crippen LogP contribution in [0.5, 0.6) is 5.75 Å². The molecule has 132 valence electrons. The number of carbonyl (C=O) groups is 1. The van der Waals surface area contributed by atoms with E-state index in [9.17, 15) is 4.79 Å². The Bertz CT molecular complexity index is 661. The SMILES string of the molecule is CCc1ccc(OC2CCN(C(=O)OCc3ccccc3)CC2)cc1. The van der Waals surface area contributed by atoms with E-state index < -0.39 is 0 Å². The first-order valence-corrected chi connectivity index (χ1v) is 8.96. The van der Waals surface area contributed by atoms with E-state index in [2.05, 4.69) is 19.1 Å².